The molecule has 0 aliphatic heterocycles. The molecule has 1 heterocycles. The van der Waals surface area contributed by atoms with E-state index in [4.69, 9.17) is 5.73 Å². The minimum Gasteiger partial charge on any atom is -0.367 e. The Morgan fingerprint density at radius 2 is 2.30 bits per heavy atom. The van der Waals surface area contributed by atoms with Crippen molar-refractivity contribution >= 4 is 11.9 Å². The number of aryl methyl sites for hydroxylation is 1. The number of amides is 1. The minimum absolute atomic E-state index is 0.0668. The second-order valence-electron chi connectivity index (χ2n) is 5.03. The third kappa shape index (κ3) is 2.64. The van der Waals surface area contributed by atoms with E-state index in [1.807, 2.05) is 12.1 Å². The molecule has 2 aromatic rings. The number of aromatic amines is 1. The monoisotopic (exact) mass is 271 g/mol. The van der Waals surface area contributed by atoms with Crippen molar-refractivity contribution in [2.75, 3.05) is 5.73 Å². The highest BCUT2D eigenvalue weighted by atomic mass is 16.1. The van der Waals surface area contributed by atoms with Crippen LogP contribution < -0.4 is 11.1 Å². The molecule has 20 heavy (non-hydrogen) atoms. The van der Waals surface area contributed by atoms with E-state index in [2.05, 4.69) is 32.6 Å². The predicted octanol–water partition coefficient (Wildman–Crippen LogP) is 1.12. The zero-order valence-electron chi connectivity index (χ0n) is 11.1. The van der Waals surface area contributed by atoms with E-state index < -0.39 is 0 Å². The molecule has 1 aromatic carbocycles. The smallest absolute Gasteiger partial charge is 0.239 e. The number of nitrogen functional groups attached to an aromatic ring is 1. The zero-order valence-corrected chi connectivity index (χ0v) is 11.1. The Balaban J connectivity index is 1.68. The molecule has 1 atom stereocenters. The first-order valence-electron chi connectivity index (χ1n) is 6.76. The van der Waals surface area contributed by atoms with Gasteiger partial charge in [0.2, 0.25) is 11.9 Å². The lowest BCUT2D eigenvalue weighted by Gasteiger charge is -2.26. The number of benzene rings is 1. The van der Waals surface area contributed by atoms with Gasteiger partial charge in [0.1, 0.15) is 5.82 Å². The number of fused-ring (bicyclic) bond motifs is 1. The van der Waals surface area contributed by atoms with Gasteiger partial charge in [0.15, 0.2) is 0 Å². The third-order valence-electron chi connectivity index (χ3n) is 3.58. The average molecular weight is 271 g/mol. The fourth-order valence-corrected chi connectivity index (χ4v) is 2.69. The van der Waals surface area contributed by atoms with Crippen LogP contribution in [0, 0.1) is 0 Å². The van der Waals surface area contributed by atoms with Crippen molar-refractivity contribution in [3.63, 3.8) is 0 Å². The fraction of sp³-hybridized carbons (Fsp3) is 0.357. The Kier molecular flexibility index (Phi) is 3.37. The topological polar surface area (TPSA) is 96.7 Å². The van der Waals surface area contributed by atoms with E-state index >= 15 is 0 Å². The van der Waals surface area contributed by atoms with Crippen LogP contribution in [0.2, 0.25) is 0 Å². The molecule has 6 nitrogen and oxygen atoms in total. The van der Waals surface area contributed by atoms with Crippen LogP contribution in [0.15, 0.2) is 24.3 Å². The summed E-state index contributed by atoms with van der Waals surface area (Å²) in [6.07, 6.45) is 3.32. The average Bonchev–Trinajstić information content (AvgIpc) is 2.84. The van der Waals surface area contributed by atoms with Crippen molar-refractivity contribution in [3.8, 4) is 0 Å². The summed E-state index contributed by atoms with van der Waals surface area (Å²) >= 11 is 0. The number of anilines is 1. The van der Waals surface area contributed by atoms with E-state index in [1.165, 1.54) is 11.1 Å². The summed E-state index contributed by atoms with van der Waals surface area (Å²) in [5, 5.41) is 9.43. The first kappa shape index (κ1) is 12.7. The van der Waals surface area contributed by atoms with Gasteiger partial charge < -0.3 is 11.1 Å². The molecule has 0 saturated heterocycles. The van der Waals surface area contributed by atoms with Gasteiger partial charge in [-0.2, -0.15) is 4.98 Å². The number of nitrogens with two attached hydrogens (primary N) is 1. The number of rotatable bonds is 3. The highest BCUT2D eigenvalue weighted by molar-refractivity contribution is 5.78. The predicted molar refractivity (Wildman–Crippen MR) is 74.8 cm³/mol. The molecule has 4 N–H and O–H groups in total. The van der Waals surface area contributed by atoms with Crippen LogP contribution in [0.3, 0.4) is 0 Å². The van der Waals surface area contributed by atoms with Crippen molar-refractivity contribution in [1.82, 2.24) is 20.5 Å². The Bertz CT molecular complexity index is 622. The van der Waals surface area contributed by atoms with Gasteiger partial charge in [-0.1, -0.05) is 24.3 Å². The van der Waals surface area contributed by atoms with E-state index in [1.54, 1.807) is 0 Å². The van der Waals surface area contributed by atoms with Crippen LogP contribution in [-0.4, -0.2) is 21.1 Å². The number of nitrogens with zero attached hydrogens (tertiary/aromatic N) is 2. The van der Waals surface area contributed by atoms with Crippen molar-refractivity contribution < 1.29 is 4.79 Å². The lowest BCUT2D eigenvalue weighted by molar-refractivity contribution is -0.121. The Morgan fingerprint density at radius 1 is 1.45 bits per heavy atom. The van der Waals surface area contributed by atoms with Gasteiger partial charge >= 0.3 is 0 Å². The van der Waals surface area contributed by atoms with Gasteiger partial charge in [-0.15, -0.1) is 5.10 Å². The number of carbonyl (C=O) groups is 1. The van der Waals surface area contributed by atoms with Crippen molar-refractivity contribution in [2.45, 2.75) is 31.7 Å². The van der Waals surface area contributed by atoms with E-state index in [-0.39, 0.29) is 24.3 Å². The fourth-order valence-electron chi connectivity index (χ4n) is 2.69. The van der Waals surface area contributed by atoms with Crippen molar-refractivity contribution in [2.24, 2.45) is 0 Å². The number of hydrogen-bond donors (Lipinski definition) is 3. The lowest BCUT2D eigenvalue weighted by Crippen LogP contribution is -2.32. The summed E-state index contributed by atoms with van der Waals surface area (Å²) in [4.78, 5) is 16.0. The van der Waals surface area contributed by atoms with Gasteiger partial charge in [-0.25, -0.2) is 0 Å². The second-order valence-corrected chi connectivity index (χ2v) is 5.03. The molecule has 6 heteroatoms. The third-order valence-corrected chi connectivity index (χ3v) is 3.58. The molecule has 104 valence electrons. The Labute approximate surface area is 116 Å². The largest absolute Gasteiger partial charge is 0.367 e. The highest BCUT2D eigenvalue weighted by Gasteiger charge is 2.21. The lowest BCUT2D eigenvalue weighted by atomic mass is 9.87. The van der Waals surface area contributed by atoms with E-state index in [0.717, 1.165) is 19.3 Å². The summed E-state index contributed by atoms with van der Waals surface area (Å²) in [5.41, 5.74) is 7.97. The molecule has 1 aromatic heterocycles. The van der Waals surface area contributed by atoms with Crippen molar-refractivity contribution in [3.05, 3.63) is 41.2 Å². The molecule has 1 aliphatic rings. The van der Waals surface area contributed by atoms with Gasteiger partial charge in [0.05, 0.1) is 12.5 Å². The maximum Gasteiger partial charge on any atom is 0.239 e. The normalized spacial score (nSPS) is 17.5. The molecule has 0 fully saturated rings. The number of aromatic nitrogens is 3. The summed E-state index contributed by atoms with van der Waals surface area (Å²) in [6, 6.07) is 8.37. The van der Waals surface area contributed by atoms with Crippen molar-refractivity contribution in [1.29, 1.82) is 0 Å². The van der Waals surface area contributed by atoms with E-state index in [0.29, 0.717) is 5.82 Å². The van der Waals surface area contributed by atoms with Gasteiger partial charge in [0.25, 0.3) is 0 Å². The number of nitrogens with one attached hydrogen (secondary N) is 2. The number of H-pyrrole nitrogens is 1. The molecule has 1 amide bonds. The van der Waals surface area contributed by atoms with Gasteiger partial charge in [0, 0.05) is 0 Å². The summed E-state index contributed by atoms with van der Waals surface area (Å²) in [6.45, 7) is 0. The SMILES string of the molecule is Nc1n[nH]c(CC(=O)N[C@@H]2CCCc3ccccc32)n1. The molecule has 0 spiro atoms. The first-order chi connectivity index (χ1) is 9.72. The van der Waals surface area contributed by atoms with E-state index in [9.17, 15) is 4.79 Å². The van der Waals surface area contributed by atoms with Gasteiger partial charge in [-0.3, -0.25) is 9.89 Å². The molecule has 0 saturated carbocycles. The zero-order chi connectivity index (χ0) is 13.9. The van der Waals surface area contributed by atoms with Crippen LogP contribution in [0.5, 0.6) is 0 Å². The van der Waals surface area contributed by atoms with Crippen LogP contribution in [0.4, 0.5) is 5.95 Å². The minimum atomic E-state index is -0.0668. The highest BCUT2D eigenvalue weighted by Crippen LogP contribution is 2.29. The molecule has 0 radical (unpaired) electrons. The quantitative estimate of drug-likeness (QED) is 0.779. The molecule has 1 aliphatic carbocycles. The number of hydrogen-bond acceptors (Lipinski definition) is 4. The first-order valence-corrected chi connectivity index (χ1v) is 6.76. The Hall–Kier alpha value is -2.37. The summed E-state index contributed by atoms with van der Waals surface area (Å²) in [7, 11) is 0. The molecule has 0 unspecified atom stereocenters. The molecular formula is C14H17N5O. The molecule has 0 bridgehead atoms. The van der Waals surface area contributed by atoms with Crippen LogP contribution in [-0.2, 0) is 17.6 Å². The Morgan fingerprint density at radius 3 is 3.10 bits per heavy atom. The number of carbonyl (C=O) groups excluding carboxylic acids is 1. The standard InChI is InChI=1S/C14H17N5O/c15-14-17-12(18-19-14)8-13(20)16-11-7-3-5-9-4-1-2-6-10(9)11/h1-2,4,6,11H,3,5,7-8H2,(H,16,20)(H3,15,17,18,19)/t11-/m1/s1. The summed E-state index contributed by atoms with van der Waals surface area (Å²) < 4.78 is 0. The van der Waals surface area contributed by atoms with Crippen LogP contribution >= 0.6 is 0 Å². The maximum absolute atomic E-state index is 12.1. The maximum atomic E-state index is 12.1. The molecular weight excluding hydrogens is 254 g/mol. The van der Waals surface area contributed by atoms with Crippen LogP contribution in [0.1, 0.15) is 35.8 Å². The summed E-state index contributed by atoms with van der Waals surface area (Å²) in [5.74, 6) is 0.586. The second kappa shape index (κ2) is 5.32. The van der Waals surface area contributed by atoms with Crippen LogP contribution in [0.25, 0.3) is 0 Å². The molecule has 3 rings (SSSR count). The van der Waals surface area contributed by atoms with Gasteiger partial charge in [-0.05, 0) is 30.4 Å².